The Kier molecular flexibility index (Phi) is 5.54. The van der Waals surface area contributed by atoms with Gasteiger partial charge in [-0.15, -0.1) is 0 Å². The van der Waals surface area contributed by atoms with E-state index >= 15 is 0 Å². The number of para-hydroxylation sites is 1. The summed E-state index contributed by atoms with van der Waals surface area (Å²) in [5.74, 6) is -1.83. The molecule has 0 aliphatic heterocycles. The van der Waals surface area contributed by atoms with E-state index in [1.807, 2.05) is 0 Å². The zero-order valence-electron chi connectivity index (χ0n) is 10.0. The standard InChI is InChI=1S/C12H16FNO4/c1-18-7-8(15)5-6-14-11-9(12(16)17)3-2-4-10(11)13/h2-4,8,14-15H,5-7H2,1H3,(H,16,17). The molecular formula is C12H16FNO4. The first-order valence-corrected chi connectivity index (χ1v) is 5.49. The lowest BCUT2D eigenvalue weighted by molar-refractivity contribution is 0.0615. The maximum Gasteiger partial charge on any atom is 0.337 e. The summed E-state index contributed by atoms with van der Waals surface area (Å²) in [4.78, 5) is 10.9. The summed E-state index contributed by atoms with van der Waals surface area (Å²) in [7, 11) is 1.47. The van der Waals surface area contributed by atoms with Crippen LogP contribution in [0.4, 0.5) is 10.1 Å². The van der Waals surface area contributed by atoms with Crippen LogP contribution in [0.1, 0.15) is 16.8 Å². The van der Waals surface area contributed by atoms with Crippen LogP contribution < -0.4 is 5.32 Å². The quantitative estimate of drug-likeness (QED) is 0.687. The van der Waals surface area contributed by atoms with Gasteiger partial charge in [-0.1, -0.05) is 6.07 Å². The molecule has 0 amide bonds. The van der Waals surface area contributed by atoms with Crippen LogP contribution in [0.25, 0.3) is 0 Å². The lowest BCUT2D eigenvalue weighted by Crippen LogP contribution is -2.19. The molecule has 1 atom stereocenters. The number of rotatable bonds is 7. The van der Waals surface area contributed by atoms with E-state index in [0.717, 1.165) is 0 Å². The summed E-state index contributed by atoms with van der Waals surface area (Å²) in [5.41, 5.74) is -0.189. The summed E-state index contributed by atoms with van der Waals surface area (Å²) in [6.45, 7) is 0.441. The SMILES string of the molecule is COCC(O)CCNc1c(F)cccc1C(=O)O. The number of nitrogens with one attached hydrogen (secondary N) is 1. The van der Waals surface area contributed by atoms with Crippen molar-refractivity contribution in [1.82, 2.24) is 0 Å². The lowest BCUT2D eigenvalue weighted by atomic mass is 10.1. The van der Waals surface area contributed by atoms with Crippen LogP contribution >= 0.6 is 0 Å². The Hall–Kier alpha value is -1.66. The molecule has 0 heterocycles. The van der Waals surface area contributed by atoms with Gasteiger partial charge in [0.05, 0.1) is 24.0 Å². The number of hydrogen-bond acceptors (Lipinski definition) is 4. The summed E-state index contributed by atoms with van der Waals surface area (Å²) in [6, 6.07) is 3.84. The fraction of sp³-hybridized carbons (Fsp3) is 0.417. The predicted molar refractivity (Wildman–Crippen MR) is 64.3 cm³/mol. The zero-order valence-corrected chi connectivity index (χ0v) is 10.0. The van der Waals surface area contributed by atoms with Crippen molar-refractivity contribution in [2.24, 2.45) is 0 Å². The average molecular weight is 257 g/mol. The average Bonchev–Trinajstić information content (AvgIpc) is 2.31. The predicted octanol–water partition coefficient (Wildman–Crippen LogP) is 1.33. The highest BCUT2D eigenvalue weighted by molar-refractivity contribution is 5.94. The van der Waals surface area contributed by atoms with Gasteiger partial charge in [0.15, 0.2) is 0 Å². The number of aliphatic hydroxyl groups excluding tert-OH is 1. The highest BCUT2D eigenvalue weighted by atomic mass is 19.1. The van der Waals surface area contributed by atoms with Crippen LogP contribution in [-0.2, 0) is 4.74 Å². The van der Waals surface area contributed by atoms with Crippen LogP contribution in [0, 0.1) is 5.82 Å². The van der Waals surface area contributed by atoms with Gasteiger partial charge in [0.1, 0.15) is 5.82 Å². The molecule has 0 fully saturated rings. The third kappa shape index (κ3) is 3.97. The van der Waals surface area contributed by atoms with E-state index in [2.05, 4.69) is 5.32 Å². The first-order valence-electron chi connectivity index (χ1n) is 5.49. The normalized spacial score (nSPS) is 12.2. The Morgan fingerprint density at radius 2 is 2.28 bits per heavy atom. The van der Waals surface area contributed by atoms with Crippen LogP contribution in [-0.4, -0.2) is 42.5 Å². The number of carboxylic acids is 1. The van der Waals surface area contributed by atoms with Gasteiger partial charge in [-0.3, -0.25) is 0 Å². The van der Waals surface area contributed by atoms with E-state index in [1.54, 1.807) is 0 Å². The van der Waals surface area contributed by atoms with E-state index in [-0.39, 0.29) is 24.4 Å². The van der Waals surface area contributed by atoms with E-state index in [4.69, 9.17) is 9.84 Å². The summed E-state index contributed by atoms with van der Waals surface area (Å²) >= 11 is 0. The number of carboxylic acid groups (broad SMARTS) is 1. The molecule has 3 N–H and O–H groups in total. The molecule has 18 heavy (non-hydrogen) atoms. The van der Waals surface area contributed by atoms with E-state index in [9.17, 15) is 14.3 Å². The number of halogens is 1. The van der Waals surface area contributed by atoms with Crippen molar-refractivity contribution in [3.63, 3.8) is 0 Å². The number of hydrogen-bond donors (Lipinski definition) is 3. The van der Waals surface area contributed by atoms with Crippen LogP contribution in [0.2, 0.25) is 0 Å². The Morgan fingerprint density at radius 1 is 1.56 bits per heavy atom. The number of benzene rings is 1. The minimum absolute atomic E-state index is 0.0605. The summed E-state index contributed by atoms with van der Waals surface area (Å²) < 4.78 is 18.2. The second-order valence-electron chi connectivity index (χ2n) is 3.79. The van der Waals surface area contributed by atoms with Gasteiger partial charge < -0.3 is 20.3 Å². The van der Waals surface area contributed by atoms with Crippen LogP contribution in [0.5, 0.6) is 0 Å². The maximum absolute atomic E-state index is 13.5. The first kappa shape index (κ1) is 14.4. The van der Waals surface area contributed by atoms with Crippen LogP contribution in [0.15, 0.2) is 18.2 Å². The Bertz CT molecular complexity index is 411. The minimum atomic E-state index is -1.20. The first-order chi connectivity index (χ1) is 8.56. The molecule has 1 unspecified atom stereocenters. The molecule has 6 heteroatoms. The fourth-order valence-electron chi connectivity index (χ4n) is 1.52. The van der Waals surface area contributed by atoms with Gasteiger partial charge in [-0.05, 0) is 18.6 Å². The fourth-order valence-corrected chi connectivity index (χ4v) is 1.52. The molecule has 0 aliphatic rings. The minimum Gasteiger partial charge on any atom is -0.478 e. The maximum atomic E-state index is 13.5. The molecule has 1 aromatic rings. The van der Waals surface area contributed by atoms with Crippen molar-refractivity contribution >= 4 is 11.7 Å². The third-order valence-corrected chi connectivity index (χ3v) is 2.38. The molecule has 0 radical (unpaired) electrons. The highest BCUT2D eigenvalue weighted by Crippen LogP contribution is 2.19. The van der Waals surface area contributed by atoms with Crippen molar-refractivity contribution in [2.45, 2.75) is 12.5 Å². The molecule has 1 aromatic carbocycles. The second kappa shape index (κ2) is 6.93. The molecule has 0 aromatic heterocycles. The topological polar surface area (TPSA) is 78.8 Å². The van der Waals surface area contributed by atoms with Gasteiger partial charge in [-0.2, -0.15) is 0 Å². The molecule has 0 saturated heterocycles. The van der Waals surface area contributed by atoms with Crippen molar-refractivity contribution in [1.29, 1.82) is 0 Å². The summed E-state index contributed by atoms with van der Waals surface area (Å²) in [6.07, 6.45) is -0.330. The van der Waals surface area contributed by atoms with Gasteiger partial charge >= 0.3 is 5.97 Å². The zero-order chi connectivity index (χ0) is 13.5. The molecule has 0 bridgehead atoms. The van der Waals surface area contributed by atoms with Crippen molar-refractivity contribution in [3.05, 3.63) is 29.6 Å². The van der Waals surface area contributed by atoms with Gasteiger partial charge in [0.2, 0.25) is 0 Å². The Labute approximate surface area is 104 Å². The lowest BCUT2D eigenvalue weighted by Gasteiger charge is -2.13. The van der Waals surface area contributed by atoms with Crippen LogP contribution in [0.3, 0.4) is 0 Å². The molecular weight excluding hydrogens is 241 g/mol. The summed E-state index contributed by atoms with van der Waals surface area (Å²) in [5, 5.41) is 21.0. The number of methoxy groups -OCH3 is 1. The third-order valence-electron chi connectivity index (χ3n) is 2.38. The number of ether oxygens (including phenoxy) is 1. The molecule has 0 saturated carbocycles. The Balaban J connectivity index is 2.64. The smallest absolute Gasteiger partial charge is 0.337 e. The van der Waals surface area contributed by atoms with Crippen molar-refractivity contribution in [3.8, 4) is 0 Å². The monoisotopic (exact) mass is 257 g/mol. The van der Waals surface area contributed by atoms with Crippen molar-refractivity contribution in [2.75, 3.05) is 25.6 Å². The Morgan fingerprint density at radius 3 is 2.89 bits per heavy atom. The highest BCUT2D eigenvalue weighted by Gasteiger charge is 2.14. The number of anilines is 1. The molecule has 0 spiro atoms. The largest absolute Gasteiger partial charge is 0.478 e. The number of carbonyl (C=O) groups is 1. The van der Waals surface area contributed by atoms with E-state index < -0.39 is 17.9 Å². The molecule has 5 nitrogen and oxygen atoms in total. The molecule has 0 aliphatic carbocycles. The number of aliphatic hydroxyl groups is 1. The van der Waals surface area contributed by atoms with E-state index in [1.165, 1.54) is 25.3 Å². The van der Waals surface area contributed by atoms with E-state index in [0.29, 0.717) is 6.42 Å². The van der Waals surface area contributed by atoms with Gasteiger partial charge in [-0.25, -0.2) is 9.18 Å². The number of aromatic carboxylic acids is 1. The van der Waals surface area contributed by atoms with Gasteiger partial charge in [0.25, 0.3) is 0 Å². The second-order valence-corrected chi connectivity index (χ2v) is 3.79. The molecule has 100 valence electrons. The molecule has 1 rings (SSSR count). The van der Waals surface area contributed by atoms with Gasteiger partial charge in [0, 0.05) is 13.7 Å². The van der Waals surface area contributed by atoms with Crippen molar-refractivity contribution < 1.29 is 24.1 Å².